The van der Waals surface area contributed by atoms with Gasteiger partial charge in [-0.3, -0.25) is 4.90 Å². The highest BCUT2D eigenvalue weighted by atomic mass is 35.5. The molecule has 2 aromatic rings. The molecule has 7 heteroatoms. The summed E-state index contributed by atoms with van der Waals surface area (Å²) in [6.07, 6.45) is 1.48. The maximum absolute atomic E-state index is 10.8. The Labute approximate surface area is 126 Å². The van der Waals surface area contributed by atoms with Crippen LogP contribution in [0.1, 0.15) is 35.1 Å². The van der Waals surface area contributed by atoms with Crippen LogP contribution in [0, 0.1) is 0 Å². The largest absolute Gasteiger partial charge is 0.476 e. The maximum Gasteiger partial charge on any atom is 0.358 e. The van der Waals surface area contributed by atoms with Crippen molar-refractivity contribution in [2.24, 2.45) is 0 Å². The second-order valence-electron chi connectivity index (χ2n) is 5.19. The Balaban J connectivity index is 1.65. The summed E-state index contributed by atoms with van der Waals surface area (Å²) in [5.41, 5.74) is 1.08. The predicted molar refractivity (Wildman–Crippen MR) is 77.5 cm³/mol. The van der Waals surface area contributed by atoms with Crippen LogP contribution in [-0.4, -0.2) is 44.1 Å². The molecule has 2 heterocycles. The Kier molecular flexibility index (Phi) is 3.65. The molecular formula is C14H15ClN4O2. The van der Waals surface area contributed by atoms with Crippen molar-refractivity contribution in [1.82, 2.24) is 19.9 Å². The van der Waals surface area contributed by atoms with E-state index >= 15 is 0 Å². The number of aromatic nitrogens is 3. The van der Waals surface area contributed by atoms with Crippen LogP contribution in [0.4, 0.5) is 0 Å². The van der Waals surface area contributed by atoms with Gasteiger partial charge in [0.15, 0.2) is 5.69 Å². The highest BCUT2D eigenvalue weighted by Gasteiger charge is 2.33. The van der Waals surface area contributed by atoms with E-state index < -0.39 is 5.97 Å². The van der Waals surface area contributed by atoms with Crippen molar-refractivity contribution in [3.63, 3.8) is 0 Å². The molecule has 1 fully saturated rings. The molecule has 0 spiro atoms. The summed E-state index contributed by atoms with van der Waals surface area (Å²) in [6.45, 7) is 3.71. The minimum absolute atomic E-state index is 0.0207. The lowest BCUT2D eigenvalue weighted by molar-refractivity contribution is 0.0586. The first-order valence-electron chi connectivity index (χ1n) is 6.70. The molecule has 1 saturated heterocycles. The average molecular weight is 307 g/mol. The van der Waals surface area contributed by atoms with Crippen LogP contribution in [0.15, 0.2) is 30.5 Å². The molecule has 1 unspecified atom stereocenters. The van der Waals surface area contributed by atoms with Crippen molar-refractivity contribution in [3.05, 3.63) is 46.7 Å². The molecule has 1 N–H and O–H groups in total. The van der Waals surface area contributed by atoms with Crippen LogP contribution < -0.4 is 0 Å². The Morgan fingerprint density at radius 3 is 2.76 bits per heavy atom. The van der Waals surface area contributed by atoms with Gasteiger partial charge in [0, 0.05) is 24.2 Å². The fourth-order valence-corrected chi connectivity index (χ4v) is 2.83. The van der Waals surface area contributed by atoms with Gasteiger partial charge in [-0.2, -0.15) is 0 Å². The van der Waals surface area contributed by atoms with Gasteiger partial charge >= 0.3 is 5.97 Å². The van der Waals surface area contributed by atoms with Gasteiger partial charge in [-0.15, -0.1) is 5.10 Å². The Morgan fingerprint density at radius 2 is 2.14 bits per heavy atom. The van der Waals surface area contributed by atoms with Crippen molar-refractivity contribution in [2.75, 3.05) is 13.1 Å². The molecule has 21 heavy (non-hydrogen) atoms. The van der Waals surface area contributed by atoms with Gasteiger partial charge in [-0.1, -0.05) is 35.0 Å². The van der Waals surface area contributed by atoms with Gasteiger partial charge in [0.25, 0.3) is 0 Å². The molecule has 0 aliphatic carbocycles. The third-order valence-electron chi connectivity index (χ3n) is 3.90. The van der Waals surface area contributed by atoms with Crippen molar-refractivity contribution < 1.29 is 9.90 Å². The summed E-state index contributed by atoms with van der Waals surface area (Å²) in [7, 11) is 0. The number of carboxylic acids is 1. The lowest BCUT2D eigenvalue weighted by Crippen LogP contribution is -2.48. The minimum Gasteiger partial charge on any atom is -0.476 e. The molecule has 1 atom stereocenters. The highest BCUT2D eigenvalue weighted by molar-refractivity contribution is 6.31. The van der Waals surface area contributed by atoms with Crippen LogP contribution in [0.25, 0.3) is 0 Å². The van der Waals surface area contributed by atoms with E-state index in [0.717, 1.165) is 23.7 Å². The highest BCUT2D eigenvalue weighted by Crippen LogP contribution is 2.33. The van der Waals surface area contributed by atoms with Crippen molar-refractivity contribution >= 4 is 17.6 Å². The first-order chi connectivity index (χ1) is 10.1. The van der Waals surface area contributed by atoms with E-state index in [9.17, 15) is 4.79 Å². The molecule has 1 aromatic heterocycles. The molecule has 6 nitrogen and oxygen atoms in total. The van der Waals surface area contributed by atoms with Crippen molar-refractivity contribution in [3.8, 4) is 0 Å². The monoisotopic (exact) mass is 306 g/mol. The SMILES string of the molecule is CC(c1ccccc1Cl)N1CC(n2cc(C(=O)O)nn2)C1. The zero-order valence-electron chi connectivity index (χ0n) is 11.5. The zero-order valence-corrected chi connectivity index (χ0v) is 12.2. The number of nitrogens with zero attached hydrogens (tertiary/aromatic N) is 4. The Hall–Kier alpha value is -1.92. The van der Waals surface area contributed by atoms with E-state index in [1.807, 2.05) is 24.3 Å². The molecule has 110 valence electrons. The maximum atomic E-state index is 10.8. The number of hydrogen-bond acceptors (Lipinski definition) is 4. The van der Waals surface area contributed by atoms with Crippen molar-refractivity contribution in [1.29, 1.82) is 0 Å². The van der Waals surface area contributed by atoms with Gasteiger partial charge in [-0.25, -0.2) is 9.48 Å². The van der Waals surface area contributed by atoms with Crippen molar-refractivity contribution in [2.45, 2.75) is 19.0 Å². The van der Waals surface area contributed by atoms with E-state index in [2.05, 4.69) is 22.1 Å². The molecule has 1 aliphatic heterocycles. The summed E-state index contributed by atoms with van der Waals surface area (Å²) in [5.74, 6) is -1.05. The van der Waals surface area contributed by atoms with E-state index in [4.69, 9.17) is 16.7 Å². The van der Waals surface area contributed by atoms with Gasteiger partial charge in [-0.05, 0) is 18.6 Å². The van der Waals surface area contributed by atoms with E-state index in [-0.39, 0.29) is 17.8 Å². The third kappa shape index (κ3) is 2.64. The molecule has 3 rings (SSSR count). The van der Waals surface area contributed by atoms with E-state index in [1.54, 1.807) is 4.68 Å². The zero-order chi connectivity index (χ0) is 15.0. The first kappa shape index (κ1) is 14.0. The standard InChI is InChI=1S/C14H15ClN4O2/c1-9(11-4-2-3-5-12(11)15)18-6-10(7-18)19-8-13(14(20)21)16-17-19/h2-5,8-10H,6-7H2,1H3,(H,20,21). The Bertz CT molecular complexity index is 666. The number of rotatable bonds is 4. The van der Waals surface area contributed by atoms with E-state index in [0.29, 0.717) is 0 Å². The second kappa shape index (κ2) is 5.46. The number of carbonyl (C=O) groups is 1. The van der Waals surface area contributed by atoms with Crippen LogP contribution in [0.3, 0.4) is 0 Å². The molecule has 1 aliphatic rings. The predicted octanol–water partition coefficient (Wildman–Crippen LogP) is 2.25. The van der Waals surface area contributed by atoms with Crippen LogP contribution >= 0.6 is 11.6 Å². The summed E-state index contributed by atoms with van der Waals surface area (Å²) in [6, 6.07) is 8.19. The Morgan fingerprint density at radius 1 is 1.43 bits per heavy atom. The van der Waals surface area contributed by atoms with Crippen LogP contribution in [-0.2, 0) is 0 Å². The molecule has 0 amide bonds. The summed E-state index contributed by atoms with van der Waals surface area (Å²) < 4.78 is 1.62. The number of halogens is 1. The first-order valence-corrected chi connectivity index (χ1v) is 7.07. The smallest absolute Gasteiger partial charge is 0.358 e. The average Bonchev–Trinajstić information content (AvgIpc) is 2.87. The fourth-order valence-electron chi connectivity index (χ4n) is 2.54. The normalized spacial score (nSPS) is 17.4. The number of benzene rings is 1. The van der Waals surface area contributed by atoms with Crippen LogP contribution in [0.5, 0.6) is 0 Å². The number of likely N-dealkylation sites (tertiary alicyclic amines) is 1. The van der Waals surface area contributed by atoms with Gasteiger partial charge in [0.1, 0.15) is 0 Å². The lowest BCUT2D eigenvalue weighted by atomic mass is 10.0. The summed E-state index contributed by atoms with van der Waals surface area (Å²) in [4.78, 5) is 13.1. The molecule has 0 radical (unpaired) electrons. The molecule has 1 aromatic carbocycles. The molecule has 0 saturated carbocycles. The number of aromatic carboxylic acids is 1. The van der Waals surface area contributed by atoms with E-state index in [1.165, 1.54) is 6.20 Å². The quantitative estimate of drug-likeness (QED) is 0.938. The summed E-state index contributed by atoms with van der Waals surface area (Å²) in [5, 5.41) is 17.1. The fraction of sp³-hybridized carbons (Fsp3) is 0.357. The van der Waals surface area contributed by atoms with Gasteiger partial charge < -0.3 is 5.11 Å². The van der Waals surface area contributed by atoms with Gasteiger partial charge in [0.05, 0.1) is 12.2 Å². The number of carboxylic acid groups (broad SMARTS) is 1. The van der Waals surface area contributed by atoms with Crippen LogP contribution in [0.2, 0.25) is 5.02 Å². The molecule has 0 bridgehead atoms. The number of hydrogen-bond donors (Lipinski definition) is 1. The van der Waals surface area contributed by atoms with Gasteiger partial charge in [0.2, 0.25) is 0 Å². The topological polar surface area (TPSA) is 71.2 Å². The minimum atomic E-state index is -1.05. The molecular weight excluding hydrogens is 292 g/mol. The summed E-state index contributed by atoms with van der Waals surface area (Å²) >= 11 is 6.22. The lowest BCUT2D eigenvalue weighted by Gasteiger charge is -2.43. The second-order valence-corrected chi connectivity index (χ2v) is 5.60. The third-order valence-corrected chi connectivity index (χ3v) is 4.24.